The molecule has 19 aromatic carbocycles. The molecule has 570 valence electrons. The first-order valence-electron chi connectivity index (χ1n) is 42.2. The molecule has 0 N–H and O–H groups in total. The Balaban J connectivity index is 0.725. The Morgan fingerprint density at radius 2 is 0.333 bits per heavy atom. The Bertz CT molecular complexity index is 7830. The monoisotopic (exact) mass is 1560 g/mol. The molecule has 6 heteroatoms. The molecule has 0 saturated carbocycles. The molecule has 25 rings (SSSR count). The van der Waals surface area contributed by atoms with E-state index in [1.54, 1.807) is 0 Å². The van der Waals surface area contributed by atoms with Crippen molar-refractivity contribution in [2.45, 2.75) is 0 Å². The Kier molecular flexibility index (Phi) is 15.9. The van der Waals surface area contributed by atoms with Gasteiger partial charge in [0.15, 0.2) is 0 Å². The number of fused-ring (bicyclic) bond motifs is 24. The van der Waals surface area contributed by atoms with Gasteiger partial charge < -0.3 is 0 Å². The smallest absolute Gasteiger partial charge is 0.146 e. The molecule has 0 unspecified atom stereocenters. The van der Waals surface area contributed by atoms with Crippen LogP contribution in [-0.4, -0.2) is 28.2 Å². The second kappa shape index (κ2) is 28.1. The summed E-state index contributed by atoms with van der Waals surface area (Å²) in [5.74, 6) is 0. The molecular weight excluding hydrogens is 1490 g/mol. The fourth-order valence-electron chi connectivity index (χ4n) is 19.9. The summed E-state index contributed by atoms with van der Waals surface area (Å²) in [4.78, 5) is 16.5. The standard InChI is InChI=1S/C117H72N6/c1-7-31-73(32-8-1)94-67-103-100-64-79(55-58-91(100)115-118-106-49-25-28-52-109(106)121(115)112(103)70-97(94)76-37-13-4-14-38-76)85-43-19-22-46-88(85)82-61-83(89-47-23-20-44-86(89)80-56-59-92-101(65-80)104-68-95(74-33-9-2-10-34-74)98(77-39-15-5-16-40-77)71-113(104)122-110-53-29-26-50-107(110)119-116(92)122)63-84(62-82)90-48-24-21-45-87(90)81-57-60-93-102(66-81)105-69-96(75-35-11-3-12-36-75)99(78-41-17-6-18-42-78)72-114(105)123-111-54-30-27-51-108(111)120-117(93)123/h1-72H. The molecule has 0 radical (unpaired) electrons. The van der Waals surface area contributed by atoms with Gasteiger partial charge in [0.1, 0.15) is 16.9 Å². The fraction of sp³-hybridized carbons (Fsp3) is 0. The van der Waals surface area contributed by atoms with Gasteiger partial charge >= 0.3 is 0 Å². The van der Waals surface area contributed by atoms with Crippen molar-refractivity contribution >= 4 is 115 Å². The number of benzene rings is 19. The second-order valence-corrected chi connectivity index (χ2v) is 32.4. The summed E-state index contributed by atoms with van der Waals surface area (Å²) < 4.78 is 7.16. The molecule has 0 aliphatic heterocycles. The molecule has 123 heavy (non-hydrogen) atoms. The lowest BCUT2D eigenvalue weighted by Crippen LogP contribution is -1.96. The molecule has 0 aliphatic carbocycles. The summed E-state index contributed by atoms with van der Waals surface area (Å²) in [6.45, 7) is 0. The van der Waals surface area contributed by atoms with Gasteiger partial charge in [-0.05, 0) is 277 Å². The zero-order chi connectivity index (χ0) is 80.7. The van der Waals surface area contributed by atoms with Crippen molar-refractivity contribution in [2.24, 2.45) is 0 Å². The Morgan fingerprint density at radius 3 is 0.585 bits per heavy atom. The van der Waals surface area contributed by atoms with E-state index in [0.29, 0.717) is 0 Å². The van der Waals surface area contributed by atoms with E-state index in [2.05, 4.69) is 450 Å². The highest BCUT2D eigenvalue weighted by atomic mass is 15.0. The highest BCUT2D eigenvalue weighted by Gasteiger charge is 2.26. The van der Waals surface area contributed by atoms with Crippen LogP contribution < -0.4 is 0 Å². The Morgan fingerprint density at radius 1 is 0.122 bits per heavy atom. The van der Waals surface area contributed by atoms with Gasteiger partial charge in [-0.3, -0.25) is 13.2 Å². The van der Waals surface area contributed by atoms with Gasteiger partial charge in [-0.1, -0.05) is 309 Å². The number of aromatic nitrogens is 6. The number of imidazole rings is 3. The summed E-state index contributed by atoms with van der Waals surface area (Å²) in [5.41, 5.74) is 39.3. The third-order valence-electron chi connectivity index (χ3n) is 25.6. The van der Waals surface area contributed by atoms with E-state index in [4.69, 9.17) is 15.0 Å². The van der Waals surface area contributed by atoms with E-state index < -0.39 is 0 Å². The van der Waals surface area contributed by atoms with E-state index in [9.17, 15) is 0 Å². The molecule has 25 aromatic rings. The number of rotatable bonds is 12. The van der Waals surface area contributed by atoms with E-state index in [-0.39, 0.29) is 0 Å². The molecule has 0 amide bonds. The first kappa shape index (κ1) is 69.7. The van der Waals surface area contributed by atoms with Crippen molar-refractivity contribution < 1.29 is 0 Å². The molecule has 6 aromatic heterocycles. The van der Waals surface area contributed by atoms with Crippen LogP contribution in [-0.2, 0) is 0 Å². The lowest BCUT2D eigenvalue weighted by Gasteiger charge is -2.19. The molecular formula is C117H72N6. The predicted octanol–water partition coefficient (Wildman–Crippen LogP) is 31.0. The number of hydrogen-bond acceptors (Lipinski definition) is 3. The van der Waals surface area contributed by atoms with Crippen LogP contribution in [0.15, 0.2) is 437 Å². The Labute approximate surface area is 708 Å². The van der Waals surface area contributed by atoms with Crippen LogP contribution in [0.4, 0.5) is 0 Å². The van der Waals surface area contributed by atoms with Crippen molar-refractivity contribution in [3.8, 4) is 134 Å². The normalized spacial score (nSPS) is 11.9. The van der Waals surface area contributed by atoms with Gasteiger partial charge in [-0.25, -0.2) is 15.0 Å². The molecule has 0 bridgehead atoms. The van der Waals surface area contributed by atoms with Crippen molar-refractivity contribution in [3.63, 3.8) is 0 Å². The maximum Gasteiger partial charge on any atom is 0.146 e. The van der Waals surface area contributed by atoms with Crippen LogP contribution in [0.1, 0.15) is 0 Å². The molecule has 0 aliphatic rings. The number of pyridine rings is 3. The number of hydrogen-bond donors (Lipinski definition) is 0. The van der Waals surface area contributed by atoms with Crippen molar-refractivity contribution in [2.75, 3.05) is 0 Å². The van der Waals surface area contributed by atoms with E-state index in [1.165, 1.54) is 16.7 Å². The van der Waals surface area contributed by atoms with Crippen LogP contribution in [0.5, 0.6) is 0 Å². The average molecular weight is 1560 g/mol. The third kappa shape index (κ3) is 11.3. The van der Waals surface area contributed by atoms with Gasteiger partial charge in [0, 0.05) is 32.3 Å². The third-order valence-corrected chi connectivity index (χ3v) is 25.6. The van der Waals surface area contributed by atoms with Gasteiger partial charge in [0.05, 0.1) is 49.7 Å². The zero-order valence-electron chi connectivity index (χ0n) is 66.8. The fourth-order valence-corrected chi connectivity index (χ4v) is 19.9. The van der Waals surface area contributed by atoms with E-state index in [1.807, 2.05) is 0 Å². The summed E-state index contributed by atoms with van der Waals surface area (Å²) in [6.07, 6.45) is 0. The summed E-state index contributed by atoms with van der Waals surface area (Å²) in [5, 5.41) is 10.1. The highest BCUT2D eigenvalue weighted by molar-refractivity contribution is 6.21. The largest absolute Gasteiger partial charge is 0.292 e. The summed E-state index contributed by atoms with van der Waals surface area (Å²) >= 11 is 0. The molecule has 6 heterocycles. The minimum Gasteiger partial charge on any atom is -0.292 e. The van der Waals surface area contributed by atoms with Gasteiger partial charge in [-0.2, -0.15) is 0 Å². The zero-order valence-corrected chi connectivity index (χ0v) is 66.8. The van der Waals surface area contributed by atoms with Gasteiger partial charge in [-0.15, -0.1) is 0 Å². The molecule has 6 nitrogen and oxygen atoms in total. The summed E-state index contributed by atoms with van der Waals surface area (Å²) in [7, 11) is 0. The van der Waals surface area contributed by atoms with Gasteiger partial charge in [0.25, 0.3) is 0 Å². The lowest BCUT2D eigenvalue weighted by atomic mass is 9.85. The highest BCUT2D eigenvalue weighted by Crippen LogP contribution is 2.50. The van der Waals surface area contributed by atoms with Crippen molar-refractivity contribution in [3.05, 3.63) is 437 Å². The summed E-state index contributed by atoms with van der Waals surface area (Å²) in [6, 6.07) is 161. The van der Waals surface area contributed by atoms with Crippen LogP contribution in [0.2, 0.25) is 0 Å². The van der Waals surface area contributed by atoms with Gasteiger partial charge in [0.2, 0.25) is 0 Å². The maximum atomic E-state index is 5.49. The molecule has 0 atom stereocenters. The van der Waals surface area contributed by atoms with E-state index >= 15 is 0 Å². The molecule has 0 fully saturated rings. The Hall–Kier alpha value is -16.4. The first-order chi connectivity index (χ1) is 61.0. The SMILES string of the molecule is c1ccc(-c2cc3c4cc(-c5ccccc5-c5cc(-c6ccccc6-c6ccc7c(c6)c6cc(-c8ccccc8)c(-c8ccccc8)cc6n6c8ccccc8nc76)cc(-c6ccccc6-c6ccc7c(c6)c6cc(-c8ccccc8)c(-c8ccccc8)cc6n6c8ccccc8nc76)c5)ccc4c4nc5ccccc5n4c3cc2-c2ccccc2)cc1. The lowest BCUT2D eigenvalue weighted by molar-refractivity contribution is 1.31. The van der Waals surface area contributed by atoms with E-state index in [0.717, 1.165) is 232 Å². The first-order valence-corrected chi connectivity index (χ1v) is 42.2. The number of para-hydroxylation sites is 6. The van der Waals surface area contributed by atoms with Crippen LogP contribution in [0, 0.1) is 0 Å². The van der Waals surface area contributed by atoms with Crippen LogP contribution in [0.25, 0.3) is 249 Å². The minimum atomic E-state index is 0.925. The quantitative estimate of drug-likeness (QED) is 0.115. The van der Waals surface area contributed by atoms with Crippen molar-refractivity contribution in [1.82, 2.24) is 28.2 Å². The maximum absolute atomic E-state index is 5.49. The molecule has 0 saturated heterocycles. The predicted molar refractivity (Wildman–Crippen MR) is 515 cm³/mol. The second-order valence-electron chi connectivity index (χ2n) is 32.4. The minimum absolute atomic E-state index is 0.925. The average Bonchev–Trinajstić information content (AvgIpc) is 1.65. The van der Waals surface area contributed by atoms with Crippen LogP contribution in [0.3, 0.4) is 0 Å². The molecule has 0 spiro atoms. The van der Waals surface area contributed by atoms with Crippen LogP contribution >= 0.6 is 0 Å². The van der Waals surface area contributed by atoms with Crippen molar-refractivity contribution in [1.29, 1.82) is 0 Å². The topological polar surface area (TPSA) is 51.9 Å². The number of nitrogens with zero attached hydrogens (tertiary/aromatic N) is 6.